The van der Waals surface area contributed by atoms with Gasteiger partial charge < -0.3 is 16.6 Å². The van der Waals surface area contributed by atoms with Crippen LogP contribution in [0.25, 0.3) is 0 Å². The molecule has 1 atom stereocenters. The molecule has 1 unspecified atom stereocenters. The van der Waals surface area contributed by atoms with Crippen LogP contribution in [0.2, 0.25) is 0 Å². The first-order chi connectivity index (χ1) is 6.59. The van der Waals surface area contributed by atoms with Crippen molar-refractivity contribution < 1.29 is 9.50 Å². The molecule has 0 spiro atoms. The molecule has 0 saturated heterocycles. The van der Waals surface area contributed by atoms with Crippen molar-refractivity contribution >= 4 is 5.69 Å². The molecule has 4 heteroatoms. The Bertz CT molecular complexity index is 363. The summed E-state index contributed by atoms with van der Waals surface area (Å²) in [7, 11) is 0. The smallest absolute Gasteiger partial charge is 0.149 e. The van der Waals surface area contributed by atoms with Gasteiger partial charge in [-0.1, -0.05) is 0 Å². The Hall–Kier alpha value is -1.29. The van der Waals surface area contributed by atoms with Gasteiger partial charge in [-0.3, -0.25) is 0 Å². The highest BCUT2D eigenvalue weighted by Gasteiger charge is 2.31. The van der Waals surface area contributed by atoms with Crippen LogP contribution in [0.5, 0.6) is 5.75 Å². The summed E-state index contributed by atoms with van der Waals surface area (Å²) in [5.41, 5.74) is 11.9. The first kappa shape index (κ1) is 9.27. The zero-order chi connectivity index (χ0) is 10.3. The summed E-state index contributed by atoms with van der Waals surface area (Å²) in [6, 6.07) is 2.22. The number of halogens is 1. The molecule has 1 fully saturated rings. The molecule has 0 bridgehead atoms. The summed E-state index contributed by atoms with van der Waals surface area (Å²) in [6.45, 7) is 0. The van der Waals surface area contributed by atoms with Gasteiger partial charge in [0.1, 0.15) is 11.6 Å². The van der Waals surface area contributed by atoms with Crippen molar-refractivity contribution in [1.29, 1.82) is 0 Å². The van der Waals surface area contributed by atoms with Gasteiger partial charge in [0.15, 0.2) is 0 Å². The van der Waals surface area contributed by atoms with E-state index in [4.69, 9.17) is 11.5 Å². The highest BCUT2D eigenvalue weighted by Crippen LogP contribution is 2.42. The van der Waals surface area contributed by atoms with E-state index in [9.17, 15) is 9.50 Å². The fourth-order valence-corrected chi connectivity index (χ4v) is 1.57. The Kier molecular flexibility index (Phi) is 2.07. The summed E-state index contributed by atoms with van der Waals surface area (Å²) in [5.74, 6) is -0.295. The summed E-state index contributed by atoms with van der Waals surface area (Å²) < 4.78 is 12.9. The number of aromatic hydroxyl groups is 1. The molecule has 1 aromatic rings. The standard InChI is InChI=1S/C10H13FN2O/c11-7-4-9(14)6(3-8(7)12)10(13)5-1-2-5/h3-5,10,14H,1-2,12-13H2. The van der Waals surface area contributed by atoms with Crippen molar-refractivity contribution in [2.45, 2.75) is 18.9 Å². The van der Waals surface area contributed by atoms with Crippen molar-refractivity contribution in [2.75, 3.05) is 5.73 Å². The van der Waals surface area contributed by atoms with Crippen molar-refractivity contribution in [3.8, 4) is 5.75 Å². The summed E-state index contributed by atoms with van der Waals surface area (Å²) in [4.78, 5) is 0. The second kappa shape index (κ2) is 3.13. The van der Waals surface area contributed by atoms with Gasteiger partial charge in [0.25, 0.3) is 0 Å². The van der Waals surface area contributed by atoms with Crippen LogP contribution in [0.3, 0.4) is 0 Å². The molecule has 0 heterocycles. The minimum atomic E-state index is -0.603. The van der Waals surface area contributed by atoms with E-state index in [1.54, 1.807) is 0 Å². The number of benzene rings is 1. The van der Waals surface area contributed by atoms with E-state index in [-0.39, 0.29) is 17.5 Å². The van der Waals surface area contributed by atoms with Crippen LogP contribution in [-0.4, -0.2) is 5.11 Å². The second-order valence-corrected chi connectivity index (χ2v) is 3.80. The molecule has 1 aliphatic carbocycles. The van der Waals surface area contributed by atoms with Crippen LogP contribution >= 0.6 is 0 Å². The van der Waals surface area contributed by atoms with Gasteiger partial charge in [-0.15, -0.1) is 0 Å². The lowest BCUT2D eigenvalue weighted by molar-refractivity contribution is 0.451. The van der Waals surface area contributed by atoms with Gasteiger partial charge in [-0.2, -0.15) is 0 Å². The van der Waals surface area contributed by atoms with Crippen LogP contribution in [0.4, 0.5) is 10.1 Å². The molecule has 76 valence electrons. The Balaban J connectivity index is 2.36. The van der Waals surface area contributed by atoms with Crippen LogP contribution in [0.1, 0.15) is 24.4 Å². The Morgan fingerprint density at radius 3 is 2.64 bits per heavy atom. The van der Waals surface area contributed by atoms with Crippen molar-refractivity contribution in [2.24, 2.45) is 11.7 Å². The molecular formula is C10H13FN2O. The highest BCUT2D eigenvalue weighted by atomic mass is 19.1. The van der Waals surface area contributed by atoms with Gasteiger partial charge in [0.05, 0.1) is 5.69 Å². The number of nitrogens with two attached hydrogens (primary N) is 2. The van der Waals surface area contributed by atoms with Gasteiger partial charge in [0, 0.05) is 17.7 Å². The van der Waals surface area contributed by atoms with E-state index in [1.165, 1.54) is 6.07 Å². The van der Waals surface area contributed by atoms with Gasteiger partial charge >= 0.3 is 0 Å². The lowest BCUT2D eigenvalue weighted by Gasteiger charge is -2.13. The van der Waals surface area contributed by atoms with E-state index in [1.807, 2.05) is 0 Å². The second-order valence-electron chi connectivity index (χ2n) is 3.80. The Labute approximate surface area is 81.5 Å². The molecule has 14 heavy (non-hydrogen) atoms. The summed E-state index contributed by atoms with van der Waals surface area (Å²) >= 11 is 0. The number of hydrogen-bond acceptors (Lipinski definition) is 3. The number of phenols is 1. The predicted octanol–water partition coefficient (Wildman–Crippen LogP) is 1.52. The molecule has 0 aliphatic heterocycles. The Morgan fingerprint density at radius 1 is 1.43 bits per heavy atom. The maximum atomic E-state index is 12.9. The number of hydrogen-bond donors (Lipinski definition) is 3. The zero-order valence-corrected chi connectivity index (χ0v) is 7.70. The quantitative estimate of drug-likeness (QED) is 0.496. The number of nitrogen functional groups attached to an aromatic ring is 1. The molecule has 1 aromatic carbocycles. The third-order valence-corrected chi connectivity index (χ3v) is 2.63. The molecule has 1 saturated carbocycles. The minimum Gasteiger partial charge on any atom is -0.507 e. The van der Waals surface area contributed by atoms with Crippen LogP contribution < -0.4 is 11.5 Å². The fourth-order valence-electron chi connectivity index (χ4n) is 1.57. The molecular weight excluding hydrogens is 183 g/mol. The lowest BCUT2D eigenvalue weighted by Crippen LogP contribution is -2.13. The van der Waals surface area contributed by atoms with E-state index in [0.29, 0.717) is 11.5 Å². The zero-order valence-electron chi connectivity index (χ0n) is 7.70. The van der Waals surface area contributed by atoms with Gasteiger partial charge in [-0.05, 0) is 24.8 Å². The largest absolute Gasteiger partial charge is 0.507 e. The van der Waals surface area contributed by atoms with E-state index in [0.717, 1.165) is 18.9 Å². The summed E-state index contributed by atoms with van der Waals surface area (Å²) in [5, 5.41) is 9.49. The lowest BCUT2D eigenvalue weighted by atomic mass is 10.0. The van der Waals surface area contributed by atoms with E-state index >= 15 is 0 Å². The summed E-state index contributed by atoms with van der Waals surface area (Å²) in [6.07, 6.45) is 2.13. The maximum absolute atomic E-state index is 12.9. The van der Waals surface area contributed by atoms with E-state index < -0.39 is 5.82 Å². The number of phenolic OH excluding ortho intramolecular Hbond substituents is 1. The molecule has 2 rings (SSSR count). The SMILES string of the molecule is Nc1cc(C(N)C2CC2)c(O)cc1F. The van der Waals surface area contributed by atoms with Gasteiger partial charge in [0.2, 0.25) is 0 Å². The monoisotopic (exact) mass is 196 g/mol. The molecule has 5 N–H and O–H groups in total. The molecule has 0 radical (unpaired) electrons. The fraction of sp³-hybridized carbons (Fsp3) is 0.400. The van der Waals surface area contributed by atoms with Crippen molar-refractivity contribution in [3.63, 3.8) is 0 Å². The van der Waals surface area contributed by atoms with Crippen molar-refractivity contribution in [1.82, 2.24) is 0 Å². The van der Waals surface area contributed by atoms with Crippen LogP contribution in [-0.2, 0) is 0 Å². The molecule has 3 nitrogen and oxygen atoms in total. The number of anilines is 1. The van der Waals surface area contributed by atoms with Gasteiger partial charge in [-0.25, -0.2) is 4.39 Å². The Morgan fingerprint density at radius 2 is 2.07 bits per heavy atom. The molecule has 0 aromatic heterocycles. The number of rotatable bonds is 2. The maximum Gasteiger partial charge on any atom is 0.149 e. The average molecular weight is 196 g/mol. The van der Waals surface area contributed by atoms with Crippen LogP contribution in [0.15, 0.2) is 12.1 Å². The van der Waals surface area contributed by atoms with E-state index in [2.05, 4.69) is 0 Å². The van der Waals surface area contributed by atoms with Crippen LogP contribution in [0, 0.1) is 11.7 Å². The van der Waals surface area contributed by atoms with Crippen molar-refractivity contribution in [3.05, 3.63) is 23.5 Å². The predicted molar refractivity (Wildman–Crippen MR) is 52.1 cm³/mol. The third kappa shape index (κ3) is 1.53. The normalized spacial score (nSPS) is 18.1. The minimum absolute atomic E-state index is 0.0360. The first-order valence-electron chi connectivity index (χ1n) is 4.63. The molecule has 0 amide bonds. The topological polar surface area (TPSA) is 72.3 Å². The highest BCUT2D eigenvalue weighted by molar-refractivity contribution is 5.50. The first-order valence-corrected chi connectivity index (χ1v) is 4.63. The average Bonchev–Trinajstić information content (AvgIpc) is 2.93. The molecule has 1 aliphatic rings. The third-order valence-electron chi connectivity index (χ3n) is 2.63.